The van der Waals surface area contributed by atoms with Crippen LogP contribution in [0.25, 0.3) is 16.6 Å². The minimum atomic E-state index is -0.705. The number of nitrogens with zero attached hydrogens (tertiary/aromatic N) is 2. The predicted octanol–water partition coefficient (Wildman–Crippen LogP) is 3.95. The molecule has 1 atom stereocenters. The third-order valence-electron chi connectivity index (χ3n) is 4.04. The van der Waals surface area contributed by atoms with Crippen molar-refractivity contribution in [3.8, 4) is 17.5 Å². The maximum absolute atomic E-state index is 10.5. The monoisotopic (exact) mass is 306 g/mol. The van der Waals surface area contributed by atoms with Crippen molar-refractivity contribution >= 4 is 10.9 Å². The molecule has 1 N–H and O–H groups in total. The number of aromatic nitrogens is 1. The summed E-state index contributed by atoms with van der Waals surface area (Å²) in [6.45, 7) is 1.90. The van der Waals surface area contributed by atoms with E-state index >= 15 is 0 Å². The lowest BCUT2D eigenvalue weighted by Gasteiger charge is -2.15. The fraction of sp³-hybridized carbons (Fsp3) is 0.211. The highest BCUT2D eigenvalue weighted by Crippen LogP contribution is 2.35. The summed E-state index contributed by atoms with van der Waals surface area (Å²) in [5.41, 5.74) is 2.93. The van der Waals surface area contributed by atoms with Crippen molar-refractivity contribution in [3.63, 3.8) is 0 Å². The van der Waals surface area contributed by atoms with Crippen LogP contribution in [-0.4, -0.2) is 16.8 Å². The highest BCUT2D eigenvalue weighted by atomic mass is 16.5. The van der Waals surface area contributed by atoms with E-state index in [0.717, 1.165) is 16.6 Å². The number of aliphatic hydroxyl groups excluding tert-OH is 1. The first-order chi connectivity index (χ1) is 11.2. The normalized spacial score (nSPS) is 12.1. The van der Waals surface area contributed by atoms with Gasteiger partial charge in [0.15, 0.2) is 0 Å². The zero-order chi connectivity index (χ0) is 16.4. The fourth-order valence-electron chi connectivity index (χ4n) is 2.90. The maximum Gasteiger partial charge on any atom is 0.119 e. The molecule has 0 amide bonds. The van der Waals surface area contributed by atoms with E-state index in [1.165, 1.54) is 0 Å². The molecular weight excluding hydrogens is 288 g/mol. The first kappa shape index (κ1) is 15.1. The van der Waals surface area contributed by atoms with Crippen LogP contribution >= 0.6 is 0 Å². The van der Waals surface area contributed by atoms with Crippen molar-refractivity contribution in [3.05, 3.63) is 59.8 Å². The van der Waals surface area contributed by atoms with Gasteiger partial charge in [-0.05, 0) is 36.8 Å². The Morgan fingerprint density at radius 3 is 2.57 bits per heavy atom. The van der Waals surface area contributed by atoms with E-state index in [0.29, 0.717) is 23.4 Å². The van der Waals surface area contributed by atoms with Crippen LogP contribution in [0.2, 0.25) is 0 Å². The number of ether oxygens (including phenoxy) is 1. The average Bonchev–Trinajstić information content (AvgIpc) is 2.94. The van der Waals surface area contributed by atoms with Crippen molar-refractivity contribution in [2.24, 2.45) is 0 Å². The zero-order valence-electron chi connectivity index (χ0n) is 13.2. The summed E-state index contributed by atoms with van der Waals surface area (Å²) < 4.78 is 7.24. The molecule has 0 saturated heterocycles. The Morgan fingerprint density at radius 1 is 1.22 bits per heavy atom. The molecule has 0 fully saturated rings. The highest BCUT2D eigenvalue weighted by Gasteiger charge is 2.23. The van der Waals surface area contributed by atoms with Crippen LogP contribution in [0.5, 0.6) is 5.75 Å². The van der Waals surface area contributed by atoms with Gasteiger partial charge in [-0.3, -0.25) is 0 Å². The van der Waals surface area contributed by atoms with Gasteiger partial charge in [0.05, 0.1) is 30.0 Å². The molecule has 2 aromatic carbocycles. The zero-order valence-corrected chi connectivity index (χ0v) is 13.2. The highest BCUT2D eigenvalue weighted by molar-refractivity contribution is 5.91. The molecule has 0 aliphatic rings. The van der Waals surface area contributed by atoms with E-state index in [4.69, 9.17) is 4.74 Å². The summed E-state index contributed by atoms with van der Waals surface area (Å²) >= 11 is 0. The first-order valence-electron chi connectivity index (χ1n) is 7.57. The van der Waals surface area contributed by atoms with Gasteiger partial charge in [-0.25, -0.2) is 0 Å². The van der Waals surface area contributed by atoms with E-state index in [1.807, 2.05) is 60.0 Å². The van der Waals surface area contributed by atoms with Gasteiger partial charge >= 0.3 is 0 Å². The SMILES string of the molecule is CCC(O)c1c(C#N)c2cc(OC)ccc2n1-c1ccccc1. The number of hydrogen-bond acceptors (Lipinski definition) is 3. The van der Waals surface area contributed by atoms with Gasteiger partial charge in [0.25, 0.3) is 0 Å². The lowest BCUT2D eigenvalue weighted by Crippen LogP contribution is -2.06. The number of benzene rings is 2. The Balaban J connectivity index is 2.43. The molecule has 0 aliphatic carbocycles. The molecule has 4 heteroatoms. The molecule has 1 unspecified atom stereocenters. The molecule has 4 nitrogen and oxygen atoms in total. The van der Waals surface area contributed by atoms with Crippen LogP contribution in [0.4, 0.5) is 0 Å². The summed E-state index contributed by atoms with van der Waals surface area (Å²) in [5, 5.41) is 21.0. The quantitative estimate of drug-likeness (QED) is 0.794. The number of para-hydroxylation sites is 1. The molecule has 0 aliphatic heterocycles. The second-order valence-corrected chi connectivity index (χ2v) is 5.35. The molecule has 23 heavy (non-hydrogen) atoms. The van der Waals surface area contributed by atoms with Crippen molar-refractivity contribution < 1.29 is 9.84 Å². The van der Waals surface area contributed by atoms with Crippen molar-refractivity contribution in [1.82, 2.24) is 4.57 Å². The third-order valence-corrected chi connectivity index (χ3v) is 4.04. The van der Waals surface area contributed by atoms with Crippen LogP contribution in [0.1, 0.15) is 30.7 Å². The average molecular weight is 306 g/mol. The Morgan fingerprint density at radius 2 is 1.96 bits per heavy atom. The Bertz CT molecular complexity index is 876. The molecule has 3 aromatic rings. The van der Waals surface area contributed by atoms with Crippen molar-refractivity contribution in [2.45, 2.75) is 19.4 Å². The van der Waals surface area contributed by atoms with Crippen LogP contribution in [0.3, 0.4) is 0 Å². The summed E-state index contributed by atoms with van der Waals surface area (Å²) in [6, 6.07) is 17.7. The molecule has 0 bridgehead atoms. The van der Waals surface area contributed by atoms with Crippen molar-refractivity contribution in [2.75, 3.05) is 7.11 Å². The van der Waals surface area contributed by atoms with Gasteiger partial charge in [0.1, 0.15) is 11.8 Å². The largest absolute Gasteiger partial charge is 0.497 e. The lowest BCUT2D eigenvalue weighted by atomic mass is 10.1. The van der Waals surface area contributed by atoms with E-state index in [9.17, 15) is 10.4 Å². The topological polar surface area (TPSA) is 58.2 Å². The van der Waals surface area contributed by atoms with Crippen LogP contribution < -0.4 is 4.74 Å². The number of methoxy groups -OCH3 is 1. The number of fused-ring (bicyclic) bond motifs is 1. The first-order valence-corrected chi connectivity index (χ1v) is 7.57. The molecule has 0 spiro atoms. The third kappa shape index (κ3) is 2.45. The molecule has 3 rings (SSSR count). The van der Waals surface area contributed by atoms with Gasteiger partial charge in [-0.15, -0.1) is 0 Å². The summed E-state index contributed by atoms with van der Waals surface area (Å²) in [5.74, 6) is 0.691. The molecule has 116 valence electrons. The maximum atomic E-state index is 10.5. The molecule has 0 radical (unpaired) electrons. The predicted molar refractivity (Wildman–Crippen MR) is 89.8 cm³/mol. The van der Waals surface area contributed by atoms with Gasteiger partial charge in [-0.1, -0.05) is 25.1 Å². The number of nitriles is 1. The van der Waals surface area contributed by atoms with Crippen molar-refractivity contribution in [1.29, 1.82) is 5.26 Å². The molecular formula is C19H18N2O2. The minimum absolute atomic E-state index is 0.497. The number of rotatable bonds is 4. The van der Waals surface area contributed by atoms with Gasteiger partial charge < -0.3 is 14.4 Å². The molecule has 1 heterocycles. The number of hydrogen-bond donors (Lipinski definition) is 1. The van der Waals surface area contributed by atoms with E-state index < -0.39 is 6.10 Å². The van der Waals surface area contributed by atoms with E-state index in [2.05, 4.69) is 6.07 Å². The lowest BCUT2D eigenvalue weighted by molar-refractivity contribution is 0.167. The fourth-order valence-corrected chi connectivity index (χ4v) is 2.90. The second-order valence-electron chi connectivity index (χ2n) is 5.35. The van der Waals surface area contributed by atoms with Crippen LogP contribution in [0, 0.1) is 11.3 Å². The van der Waals surface area contributed by atoms with Gasteiger partial charge in [-0.2, -0.15) is 5.26 Å². The van der Waals surface area contributed by atoms with Gasteiger partial charge in [0, 0.05) is 11.1 Å². The number of aliphatic hydroxyl groups is 1. The summed E-state index contributed by atoms with van der Waals surface area (Å²) in [4.78, 5) is 0. The van der Waals surface area contributed by atoms with Crippen LogP contribution in [0.15, 0.2) is 48.5 Å². The molecule has 0 saturated carbocycles. The smallest absolute Gasteiger partial charge is 0.119 e. The second kappa shape index (κ2) is 6.15. The van der Waals surface area contributed by atoms with Gasteiger partial charge in [0.2, 0.25) is 0 Å². The summed E-state index contributed by atoms with van der Waals surface area (Å²) in [7, 11) is 1.60. The standard InChI is InChI=1S/C19H18N2O2/c1-3-18(22)19-16(12-20)15-11-14(23-2)9-10-17(15)21(19)13-7-5-4-6-8-13/h4-11,18,22H,3H2,1-2H3. The Kier molecular flexibility index (Phi) is 4.05. The van der Waals surface area contributed by atoms with Crippen LogP contribution in [-0.2, 0) is 0 Å². The van der Waals surface area contributed by atoms with E-state index in [-0.39, 0.29) is 0 Å². The Labute approximate surface area is 135 Å². The summed E-state index contributed by atoms with van der Waals surface area (Å²) in [6.07, 6.45) is -0.169. The Hall–Kier alpha value is -2.77. The van der Waals surface area contributed by atoms with E-state index in [1.54, 1.807) is 7.11 Å². The minimum Gasteiger partial charge on any atom is -0.497 e. The molecule has 1 aromatic heterocycles.